The zero-order chi connectivity index (χ0) is 17.7. The molecule has 0 aromatic heterocycles. The van der Waals surface area contributed by atoms with E-state index in [-0.39, 0.29) is 17.8 Å². The molecule has 2 heterocycles. The molecule has 0 aromatic carbocycles. The number of nitrogens with zero attached hydrogens (tertiary/aromatic N) is 2. The number of ether oxygens (including phenoxy) is 1. The average Bonchev–Trinajstić information content (AvgIpc) is 2.80. The SMILES string of the molecule is CCOC(=O)C1CCN(/C=C2\SC(=S)N(CCC(C)C)C2=O)CC1. The number of carbonyl (C=O) groups is 2. The minimum absolute atomic E-state index is 0.0122. The van der Waals surface area contributed by atoms with E-state index < -0.39 is 0 Å². The second kappa shape index (κ2) is 8.85. The molecule has 2 aliphatic heterocycles. The third-order valence-corrected chi connectivity index (χ3v) is 5.62. The van der Waals surface area contributed by atoms with Gasteiger partial charge in [0.15, 0.2) is 0 Å². The number of piperidine rings is 1. The van der Waals surface area contributed by atoms with E-state index in [2.05, 4.69) is 18.7 Å². The predicted octanol–water partition coefficient (Wildman–Crippen LogP) is 3.01. The number of thioether (sulfide) groups is 1. The Morgan fingerprint density at radius 3 is 2.67 bits per heavy atom. The summed E-state index contributed by atoms with van der Waals surface area (Å²) >= 11 is 6.72. The van der Waals surface area contributed by atoms with Crippen molar-refractivity contribution in [1.82, 2.24) is 9.80 Å². The summed E-state index contributed by atoms with van der Waals surface area (Å²) in [5.74, 6) is 0.436. The molecule has 24 heavy (non-hydrogen) atoms. The number of esters is 1. The van der Waals surface area contributed by atoms with E-state index in [1.165, 1.54) is 11.8 Å². The van der Waals surface area contributed by atoms with Crippen molar-refractivity contribution in [1.29, 1.82) is 0 Å². The van der Waals surface area contributed by atoms with Crippen molar-refractivity contribution < 1.29 is 14.3 Å². The quantitative estimate of drug-likeness (QED) is 0.407. The second-order valence-corrected chi connectivity index (χ2v) is 8.24. The number of amides is 1. The van der Waals surface area contributed by atoms with Gasteiger partial charge in [0.05, 0.1) is 17.4 Å². The fourth-order valence-electron chi connectivity index (χ4n) is 2.76. The molecule has 2 fully saturated rings. The molecule has 0 N–H and O–H groups in total. The Kier molecular flexibility index (Phi) is 7.10. The summed E-state index contributed by atoms with van der Waals surface area (Å²) in [7, 11) is 0. The molecule has 0 aliphatic carbocycles. The second-order valence-electron chi connectivity index (χ2n) is 6.56. The highest BCUT2D eigenvalue weighted by molar-refractivity contribution is 8.26. The molecular formula is C17H26N2O3S2. The summed E-state index contributed by atoms with van der Waals surface area (Å²) in [6.07, 6.45) is 4.40. The van der Waals surface area contributed by atoms with E-state index in [1.54, 1.807) is 4.90 Å². The van der Waals surface area contributed by atoms with Crippen LogP contribution in [0.3, 0.4) is 0 Å². The maximum atomic E-state index is 12.5. The van der Waals surface area contributed by atoms with Crippen molar-refractivity contribution in [3.63, 3.8) is 0 Å². The van der Waals surface area contributed by atoms with Crippen LogP contribution in [0.4, 0.5) is 0 Å². The lowest BCUT2D eigenvalue weighted by Gasteiger charge is -2.30. The van der Waals surface area contributed by atoms with Gasteiger partial charge in [0.1, 0.15) is 4.32 Å². The van der Waals surface area contributed by atoms with Crippen molar-refractivity contribution in [2.45, 2.75) is 40.0 Å². The molecule has 2 saturated heterocycles. The van der Waals surface area contributed by atoms with Gasteiger partial charge in [-0.2, -0.15) is 0 Å². The maximum Gasteiger partial charge on any atom is 0.309 e. The monoisotopic (exact) mass is 370 g/mol. The molecule has 1 amide bonds. The highest BCUT2D eigenvalue weighted by Gasteiger charge is 2.33. The molecule has 0 unspecified atom stereocenters. The summed E-state index contributed by atoms with van der Waals surface area (Å²) in [6.45, 7) is 8.75. The molecule has 0 saturated carbocycles. The first-order valence-corrected chi connectivity index (χ1v) is 9.81. The van der Waals surface area contributed by atoms with Gasteiger partial charge in [-0.1, -0.05) is 37.8 Å². The van der Waals surface area contributed by atoms with E-state index in [0.717, 1.165) is 32.4 Å². The lowest BCUT2D eigenvalue weighted by molar-refractivity contribution is -0.149. The highest BCUT2D eigenvalue weighted by Crippen LogP contribution is 2.32. The fourth-order valence-corrected chi connectivity index (χ4v) is 4.08. The summed E-state index contributed by atoms with van der Waals surface area (Å²) < 4.78 is 5.73. The van der Waals surface area contributed by atoms with E-state index >= 15 is 0 Å². The molecule has 7 heteroatoms. The third kappa shape index (κ3) is 4.96. The average molecular weight is 371 g/mol. The molecule has 0 spiro atoms. The van der Waals surface area contributed by atoms with Crippen molar-refractivity contribution >= 4 is 40.2 Å². The Morgan fingerprint density at radius 1 is 1.42 bits per heavy atom. The fraction of sp³-hybridized carbons (Fsp3) is 0.706. The summed E-state index contributed by atoms with van der Waals surface area (Å²) in [5.41, 5.74) is 0. The van der Waals surface area contributed by atoms with E-state index in [4.69, 9.17) is 17.0 Å². The minimum atomic E-state index is -0.0999. The zero-order valence-electron chi connectivity index (χ0n) is 14.6. The summed E-state index contributed by atoms with van der Waals surface area (Å²) in [4.78, 5) is 28.8. The number of rotatable bonds is 6. The third-order valence-electron chi connectivity index (χ3n) is 4.25. The Bertz CT molecular complexity index is 526. The maximum absolute atomic E-state index is 12.5. The van der Waals surface area contributed by atoms with Crippen molar-refractivity contribution in [3.05, 3.63) is 11.1 Å². The molecule has 0 aromatic rings. The molecule has 5 nitrogen and oxygen atoms in total. The van der Waals surface area contributed by atoms with Gasteiger partial charge in [0.2, 0.25) is 0 Å². The Balaban J connectivity index is 1.90. The minimum Gasteiger partial charge on any atom is -0.466 e. The first-order valence-electron chi connectivity index (χ1n) is 8.58. The zero-order valence-corrected chi connectivity index (χ0v) is 16.3. The summed E-state index contributed by atoms with van der Waals surface area (Å²) in [5, 5.41) is 0. The van der Waals surface area contributed by atoms with Crippen LogP contribution >= 0.6 is 24.0 Å². The van der Waals surface area contributed by atoms with E-state index in [0.29, 0.717) is 28.3 Å². The van der Waals surface area contributed by atoms with Crippen LogP contribution < -0.4 is 0 Å². The smallest absolute Gasteiger partial charge is 0.309 e. The highest BCUT2D eigenvalue weighted by atomic mass is 32.2. The Labute approximate surface area is 153 Å². The van der Waals surface area contributed by atoms with Crippen molar-refractivity contribution in [3.8, 4) is 0 Å². The van der Waals surface area contributed by atoms with Gasteiger partial charge in [0, 0.05) is 25.8 Å². The molecule has 0 bridgehead atoms. The van der Waals surface area contributed by atoms with Crippen LogP contribution in [0, 0.1) is 11.8 Å². The largest absolute Gasteiger partial charge is 0.466 e. The van der Waals surface area contributed by atoms with E-state index in [1.807, 2.05) is 13.1 Å². The lowest BCUT2D eigenvalue weighted by atomic mass is 9.97. The van der Waals surface area contributed by atoms with Gasteiger partial charge in [-0.25, -0.2) is 0 Å². The number of hydrogen-bond acceptors (Lipinski definition) is 6. The first-order chi connectivity index (χ1) is 11.4. The van der Waals surface area contributed by atoms with Crippen molar-refractivity contribution in [2.75, 3.05) is 26.2 Å². The number of carbonyl (C=O) groups excluding carboxylic acids is 2. The lowest BCUT2D eigenvalue weighted by Crippen LogP contribution is -2.34. The Hall–Kier alpha value is -1.08. The molecule has 0 atom stereocenters. The van der Waals surface area contributed by atoms with E-state index in [9.17, 15) is 9.59 Å². The van der Waals surface area contributed by atoms with Gasteiger partial charge < -0.3 is 9.64 Å². The standard InChI is InChI=1S/C17H26N2O3S2/c1-4-22-16(21)13-6-8-18(9-7-13)11-14-15(20)19(17(23)24-14)10-5-12(2)3/h11-13H,4-10H2,1-3H3/b14-11-. The molecule has 2 rings (SSSR count). The molecule has 2 aliphatic rings. The number of hydrogen-bond donors (Lipinski definition) is 0. The van der Waals surface area contributed by atoms with Crippen LogP contribution in [0.15, 0.2) is 11.1 Å². The topological polar surface area (TPSA) is 49.9 Å². The van der Waals surface area contributed by atoms with Crippen LogP contribution in [-0.4, -0.2) is 52.2 Å². The van der Waals surface area contributed by atoms with Crippen LogP contribution in [0.5, 0.6) is 0 Å². The predicted molar refractivity (Wildman–Crippen MR) is 100 cm³/mol. The van der Waals surface area contributed by atoms with Gasteiger partial charge in [0.25, 0.3) is 5.91 Å². The van der Waals surface area contributed by atoms with Gasteiger partial charge in [-0.3, -0.25) is 14.5 Å². The van der Waals surface area contributed by atoms with Gasteiger partial charge in [-0.05, 0) is 32.1 Å². The van der Waals surface area contributed by atoms with Gasteiger partial charge in [-0.15, -0.1) is 0 Å². The Morgan fingerprint density at radius 2 is 2.08 bits per heavy atom. The molecule has 0 radical (unpaired) electrons. The van der Waals surface area contributed by atoms with Crippen LogP contribution in [0.1, 0.15) is 40.0 Å². The molecule has 134 valence electrons. The number of likely N-dealkylation sites (tertiary alicyclic amines) is 1. The van der Waals surface area contributed by atoms with Crippen molar-refractivity contribution in [2.24, 2.45) is 11.8 Å². The van der Waals surface area contributed by atoms with Crippen LogP contribution in [0.2, 0.25) is 0 Å². The van der Waals surface area contributed by atoms with Crippen LogP contribution in [-0.2, 0) is 14.3 Å². The normalized spacial score (nSPS) is 21.2. The number of thiocarbonyl (C=S) groups is 1. The molecular weight excluding hydrogens is 344 g/mol. The van der Waals surface area contributed by atoms with Gasteiger partial charge >= 0.3 is 5.97 Å². The first kappa shape index (κ1) is 19.2. The van der Waals surface area contributed by atoms with Crippen LogP contribution in [0.25, 0.3) is 0 Å². The summed E-state index contributed by atoms with van der Waals surface area (Å²) in [6, 6.07) is 0.